The van der Waals surface area contributed by atoms with Crippen molar-refractivity contribution in [2.75, 3.05) is 12.4 Å². The Hall–Kier alpha value is -2.02. The molecule has 1 unspecified atom stereocenters. The van der Waals surface area contributed by atoms with Gasteiger partial charge in [-0.3, -0.25) is 4.79 Å². The maximum absolute atomic E-state index is 12.0. The van der Waals surface area contributed by atoms with Gasteiger partial charge in [-0.05, 0) is 26.0 Å². The second-order valence-electron chi connectivity index (χ2n) is 4.08. The fourth-order valence-corrected chi connectivity index (χ4v) is 2.29. The van der Waals surface area contributed by atoms with Crippen molar-refractivity contribution in [2.24, 2.45) is 0 Å². The molecule has 0 spiro atoms. The zero-order valence-corrected chi connectivity index (χ0v) is 11.8. The number of aryl methyl sites for hydroxylation is 1. The number of hydrogen-bond acceptors (Lipinski definition) is 6. The Labute approximate surface area is 115 Å². The maximum Gasteiger partial charge on any atom is 0.272 e. The number of nitrogens with zero attached hydrogens (tertiary/aromatic N) is 3. The zero-order chi connectivity index (χ0) is 13.8. The minimum Gasteiger partial charge on any atom is -0.372 e. The van der Waals surface area contributed by atoms with Gasteiger partial charge in [-0.2, -0.15) is 0 Å². The molecular weight excluding hydrogens is 262 g/mol. The van der Waals surface area contributed by atoms with Gasteiger partial charge in [0, 0.05) is 18.1 Å². The Balaban J connectivity index is 2.03. The van der Waals surface area contributed by atoms with E-state index in [-0.39, 0.29) is 11.9 Å². The number of anilines is 1. The monoisotopic (exact) mass is 277 g/mol. The smallest absolute Gasteiger partial charge is 0.272 e. The predicted molar refractivity (Wildman–Crippen MR) is 74.3 cm³/mol. The van der Waals surface area contributed by atoms with Gasteiger partial charge in [0.1, 0.15) is 10.8 Å². The van der Waals surface area contributed by atoms with Crippen LogP contribution in [0.5, 0.6) is 0 Å². The molecule has 0 aliphatic heterocycles. The van der Waals surface area contributed by atoms with Gasteiger partial charge in [0.15, 0.2) is 5.69 Å². The molecular formula is C12H15N5OS. The lowest BCUT2D eigenvalue weighted by molar-refractivity contribution is 0.0934. The van der Waals surface area contributed by atoms with Gasteiger partial charge in [0.2, 0.25) is 0 Å². The molecule has 2 rings (SSSR count). The summed E-state index contributed by atoms with van der Waals surface area (Å²) in [5.41, 5.74) is 1.25. The number of amides is 1. The van der Waals surface area contributed by atoms with Crippen LogP contribution >= 0.6 is 11.3 Å². The number of aromatic nitrogens is 3. The molecule has 7 heteroatoms. The lowest BCUT2D eigenvalue weighted by Crippen LogP contribution is -2.27. The lowest BCUT2D eigenvalue weighted by Gasteiger charge is -2.10. The average molecular weight is 277 g/mol. The van der Waals surface area contributed by atoms with Crippen LogP contribution in [0.25, 0.3) is 0 Å². The zero-order valence-electron chi connectivity index (χ0n) is 11.0. The summed E-state index contributed by atoms with van der Waals surface area (Å²) in [6.45, 7) is 3.82. The molecule has 0 aliphatic carbocycles. The van der Waals surface area contributed by atoms with Crippen LogP contribution < -0.4 is 10.6 Å². The van der Waals surface area contributed by atoms with Gasteiger partial charge in [-0.1, -0.05) is 0 Å². The van der Waals surface area contributed by atoms with E-state index in [1.165, 1.54) is 11.3 Å². The van der Waals surface area contributed by atoms with Crippen LogP contribution in [0.15, 0.2) is 17.5 Å². The number of thiazole rings is 1. The Morgan fingerprint density at radius 2 is 2.16 bits per heavy atom. The molecule has 1 atom stereocenters. The largest absolute Gasteiger partial charge is 0.372 e. The van der Waals surface area contributed by atoms with E-state index in [0.29, 0.717) is 11.5 Å². The number of carbonyl (C=O) groups excluding carboxylic acids is 1. The number of hydrogen-bond donors (Lipinski definition) is 2. The van der Waals surface area contributed by atoms with Crippen molar-refractivity contribution in [3.63, 3.8) is 0 Å². The van der Waals surface area contributed by atoms with E-state index in [4.69, 9.17) is 0 Å². The maximum atomic E-state index is 12.0. The molecule has 0 fully saturated rings. The Kier molecular flexibility index (Phi) is 4.06. The highest BCUT2D eigenvalue weighted by Crippen LogP contribution is 2.17. The molecule has 2 aromatic rings. The summed E-state index contributed by atoms with van der Waals surface area (Å²) in [7, 11) is 1.75. The summed E-state index contributed by atoms with van der Waals surface area (Å²) in [5.74, 6) is 0.371. The first-order valence-corrected chi connectivity index (χ1v) is 6.72. The minimum absolute atomic E-state index is 0.142. The molecule has 2 heterocycles. The van der Waals surface area contributed by atoms with E-state index in [1.54, 1.807) is 19.2 Å². The summed E-state index contributed by atoms with van der Waals surface area (Å²) in [4.78, 5) is 16.3. The standard InChI is InChI=1S/C12H15N5OS/c1-7-6-19-12(14-7)8(2)15-11(18)9-4-5-10(13-3)17-16-9/h4-6,8H,1-3H3,(H,13,17)(H,15,18). The van der Waals surface area contributed by atoms with E-state index in [0.717, 1.165) is 10.7 Å². The molecule has 0 radical (unpaired) electrons. The van der Waals surface area contributed by atoms with Gasteiger partial charge in [-0.25, -0.2) is 4.98 Å². The summed E-state index contributed by atoms with van der Waals surface area (Å²) in [6, 6.07) is 3.20. The Bertz CT molecular complexity index is 566. The number of nitrogens with one attached hydrogen (secondary N) is 2. The molecule has 2 aromatic heterocycles. The number of rotatable bonds is 4. The van der Waals surface area contributed by atoms with E-state index >= 15 is 0 Å². The normalized spacial score (nSPS) is 11.9. The molecule has 1 amide bonds. The molecule has 0 aromatic carbocycles. The van der Waals surface area contributed by atoms with Gasteiger partial charge in [0.25, 0.3) is 5.91 Å². The second-order valence-corrected chi connectivity index (χ2v) is 4.97. The summed E-state index contributed by atoms with van der Waals surface area (Å²) < 4.78 is 0. The Morgan fingerprint density at radius 1 is 1.37 bits per heavy atom. The van der Waals surface area contributed by atoms with Crippen LogP contribution in [0.2, 0.25) is 0 Å². The first-order chi connectivity index (χ1) is 9.10. The van der Waals surface area contributed by atoms with E-state index in [9.17, 15) is 4.79 Å². The van der Waals surface area contributed by atoms with Gasteiger partial charge < -0.3 is 10.6 Å². The summed E-state index contributed by atoms with van der Waals surface area (Å²) in [6.07, 6.45) is 0. The van der Waals surface area contributed by atoms with Crippen molar-refractivity contribution < 1.29 is 4.79 Å². The van der Waals surface area contributed by atoms with Crippen LogP contribution in [0.3, 0.4) is 0 Å². The molecule has 0 bridgehead atoms. The first kappa shape index (κ1) is 13.4. The molecule has 2 N–H and O–H groups in total. The average Bonchev–Trinajstić information content (AvgIpc) is 2.85. The van der Waals surface area contributed by atoms with Crippen LogP contribution in [-0.4, -0.2) is 28.1 Å². The molecule has 19 heavy (non-hydrogen) atoms. The molecule has 0 saturated carbocycles. The van der Waals surface area contributed by atoms with Crippen molar-refractivity contribution in [1.29, 1.82) is 0 Å². The van der Waals surface area contributed by atoms with Crippen molar-refractivity contribution >= 4 is 23.1 Å². The van der Waals surface area contributed by atoms with Gasteiger partial charge >= 0.3 is 0 Å². The second kappa shape index (κ2) is 5.75. The number of carbonyl (C=O) groups is 1. The summed E-state index contributed by atoms with van der Waals surface area (Å²) >= 11 is 1.53. The first-order valence-electron chi connectivity index (χ1n) is 5.84. The SMILES string of the molecule is CNc1ccc(C(=O)NC(C)c2nc(C)cs2)nn1. The van der Waals surface area contributed by atoms with Crippen LogP contribution in [0.1, 0.15) is 34.2 Å². The van der Waals surface area contributed by atoms with Crippen LogP contribution in [0, 0.1) is 6.92 Å². The van der Waals surface area contributed by atoms with Gasteiger partial charge in [0.05, 0.1) is 6.04 Å². The molecule has 0 saturated heterocycles. The third kappa shape index (κ3) is 3.25. The van der Waals surface area contributed by atoms with E-state index < -0.39 is 0 Å². The van der Waals surface area contributed by atoms with Crippen molar-refractivity contribution in [3.8, 4) is 0 Å². The van der Waals surface area contributed by atoms with Crippen LogP contribution in [0.4, 0.5) is 5.82 Å². The lowest BCUT2D eigenvalue weighted by atomic mass is 10.3. The minimum atomic E-state index is -0.254. The van der Waals surface area contributed by atoms with E-state index in [2.05, 4.69) is 25.8 Å². The highest BCUT2D eigenvalue weighted by atomic mass is 32.1. The predicted octanol–water partition coefficient (Wildman–Crippen LogP) is 1.77. The topological polar surface area (TPSA) is 79.8 Å². The van der Waals surface area contributed by atoms with Crippen molar-refractivity contribution in [1.82, 2.24) is 20.5 Å². The van der Waals surface area contributed by atoms with Crippen LogP contribution in [-0.2, 0) is 0 Å². The Morgan fingerprint density at radius 3 is 2.68 bits per heavy atom. The highest BCUT2D eigenvalue weighted by Gasteiger charge is 2.15. The molecule has 6 nitrogen and oxygen atoms in total. The fraction of sp³-hybridized carbons (Fsp3) is 0.333. The highest BCUT2D eigenvalue weighted by molar-refractivity contribution is 7.09. The quantitative estimate of drug-likeness (QED) is 0.890. The third-order valence-corrected chi connectivity index (χ3v) is 3.65. The van der Waals surface area contributed by atoms with Crippen molar-refractivity contribution in [2.45, 2.75) is 19.9 Å². The summed E-state index contributed by atoms with van der Waals surface area (Å²) in [5, 5.41) is 16.3. The van der Waals surface area contributed by atoms with E-state index in [1.807, 2.05) is 19.2 Å². The molecule has 100 valence electrons. The van der Waals surface area contributed by atoms with Crippen molar-refractivity contribution in [3.05, 3.63) is 33.9 Å². The fourth-order valence-electron chi connectivity index (χ4n) is 1.49. The van der Waals surface area contributed by atoms with Gasteiger partial charge in [-0.15, -0.1) is 21.5 Å². The third-order valence-electron chi connectivity index (χ3n) is 2.51. The molecule has 0 aliphatic rings.